The Morgan fingerprint density at radius 1 is 0.357 bits per heavy atom. The SMILES string of the molecule is C=CCCC(CCCCCCCCC/C=C\C/C=C\CCCCC)CCCCCCCCCC/C=C\C/C=C\CCC. The minimum absolute atomic E-state index is 0.941. The molecule has 0 rings (SSSR count). The minimum atomic E-state index is 0.941. The molecular weight excluding hydrogens is 504 g/mol. The molecule has 0 nitrogen and oxygen atoms in total. The lowest BCUT2D eigenvalue weighted by Gasteiger charge is -2.16. The van der Waals surface area contributed by atoms with Crippen LogP contribution in [0.15, 0.2) is 61.3 Å². The van der Waals surface area contributed by atoms with Crippen molar-refractivity contribution in [1.82, 2.24) is 0 Å². The van der Waals surface area contributed by atoms with Crippen LogP contribution in [0.25, 0.3) is 0 Å². The Morgan fingerprint density at radius 3 is 1.14 bits per heavy atom. The van der Waals surface area contributed by atoms with Gasteiger partial charge in [-0.25, -0.2) is 0 Å². The highest BCUT2D eigenvalue weighted by molar-refractivity contribution is 4.93. The van der Waals surface area contributed by atoms with Crippen molar-refractivity contribution in [3.05, 3.63) is 61.3 Å². The van der Waals surface area contributed by atoms with Crippen molar-refractivity contribution in [2.75, 3.05) is 0 Å². The van der Waals surface area contributed by atoms with Crippen molar-refractivity contribution < 1.29 is 0 Å². The fourth-order valence-electron chi connectivity index (χ4n) is 5.81. The van der Waals surface area contributed by atoms with Crippen molar-refractivity contribution in [3.8, 4) is 0 Å². The summed E-state index contributed by atoms with van der Waals surface area (Å²) in [7, 11) is 0. The maximum Gasteiger partial charge on any atom is -0.0169 e. The van der Waals surface area contributed by atoms with Gasteiger partial charge in [0.15, 0.2) is 0 Å². The van der Waals surface area contributed by atoms with E-state index in [1.54, 1.807) is 0 Å². The maximum atomic E-state index is 3.98. The molecule has 0 aliphatic heterocycles. The Morgan fingerprint density at radius 2 is 0.738 bits per heavy atom. The summed E-state index contributed by atoms with van der Waals surface area (Å²) in [6.07, 6.45) is 60.4. The molecule has 0 heterocycles. The van der Waals surface area contributed by atoms with Gasteiger partial charge in [0.1, 0.15) is 0 Å². The first kappa shape index (κ1) is 40.7. The van der Waals surface area contributed by atoms with Crippen molar-refractivity contribution in [1.29, 1.82) is 0 Å². The van der Waals surface area contributed by atoms with Gasteiger partial charge in [-0.3, -0.25) is 0 Å². The summed E-state index contributed by atoms with van der Waals surface area (Å²) in [6, 6.07) is 0. The summed E-state index contributed by atoms with van der Waals surface area (Å²) >= 11 is 0. The zero-order valence-electron chi connectivity index (χ0n) is 29.0. The van der Waals surface area contributed by atoms with E-state index in [9.17, 15) is 0 Å². The van der Waals surface area contributed by atoms with Crippen molar-refractivity contribution in [2.45, 2.75) is 200 Å². The van der Waals surface area contributed by atoms with Crippen molar-refractivity contribution in [2.24, 2.45) is 5.92 Å². The molecule has 1 atom stereocenters. The first-order chi connectivity index (χ1) is 20.8. The largest absolute Gasteiger partial charge is 0.103 e. The normalized spacial score (nSPS) is 13.0. The molecule has 1 unspecified atom stereocenters. The first-order valence-electron chi connectivity index (χ1n) is 19.1. The Bertz CT molecular complexity index is 618. The van der Waals surface area contributed by atoms with Gasteiger partial charge in [-0.05, 0) is 76.5 Å². The number of hydrogen-bond donors (Lipinski definition) is 0. The standard InChI is InChI=1S/C42H76/c1-4-7-10-12-14-16-18-20-22-24-26-28-30-32-34-36-38-41-42(39-9-6-3)40-37-35-33-31-29-27-25-23-21-19-17-15-13-11-8-5-2/h6,11,13-14,16-17,19-20,22,42H,3-5,7-10,12,15,18,21,23-41H2,1-2H3/b13-11-,16-14-,19-17-,22-20-. The van der Waals surface area contributed by atoms with Gasteiger partial charge < -0.3 is 0 Å². The average molecular weight is 581 g/mol. The van der Waals surface area contributed by atoms with E-state index in [1.165, 1.54) is 173 Å². The number of hydrogen-bond acceptors (Lipinski definition) is 0. The maximum absolute atomic E-state index is 3.98. The molecule has 0 aliphatic rings. The van der Waals surface area contributed by atoms with Crippen molar-refractivity contribution >= 4 is 0 Å². The summed E-state index contributed by atoms with van der Waals surface area (Å²) in [5, 5.41) is 0. The fourth-order valence-corrected chi connectivity index (χ4v) is 5.81. The third kappa shape index (κ3) is 34.9. The highest BCUT2D eigenvalue weighted by Crippen LogP contribution is 2.24. The van der Waals surface area contributed by atoms with Gasteiger partial charge in [-0.2, -0.15) is 0 Å². The topological polar surface area (TPSA) is 0 Å². The molecule has 244 valence electrons. The summed E-state index contributed by atoms with van der Waals surface area (Å²) in [4.78, 5) is 0. The molecule has 0 aliphatic carbocycles. The molecule has 0 bridgehead atoms. The summed E-state index contributed by atoms with van der Waals surface area (Å²) in [6.45, 7) is 8.49. The van der Waals surface area contributed by atoms with Crippen molar-refractivity contribution in [3.63, 3.8) is 0 Å². The monoisotopic (exact) mass is 581 g/mol. The Balaban J connectivity index is 3.57. The fraction of sp³-hybridized carbons (Fsp3) is 0.762. The zero-order chi connectivity index (χ0) is 30.4. The quantitative estimate of drug-likeness (QED) is 0.0524. The second-order valence-electron chi connectivity index (χ2n) is 12.8. The van der Waals surface area contributed by atoms with Crippen LogP contribution in [-0.4, -0.2) is 0 Å². The average Bonchev–Trinajstić information content (AvgIpc) is 3.00. The van der Waals surface area contributed by atoms with E-state index in [2.05, 4.69) is 75.1 Å². The molecule has 42 heavy (non-hydrogen) atoms. The second kappa shape index (κ2) is 37.7. The molecule has 0 saturated carbocycles. The Hall–Kier alpha value is -1.30. The third-order valence-electron chi connectivity index (χ3n) is 8.64. The van der Waals surface area contributed by atoms with Crippen LogP contribution >= 0.6 is 0 Å². The zero-order valence-corrected chi connectivity index (χ0v) is 29.0. The number of unbranched alkanes of at least 4 members (excludes halogenated alkanes) is 19. The molecule has 0 heteroatoms. The van der Waals surface area contributed by atoms with E-state index in [1.807, 2.05) is 0 Å². The first-order valence-corrected chi connectivity index (χ1v) is 19.1. The molecule has 0 spiro atoms. The highest BCUT2D eigenvalue weighted by atomic mass is 14.1. The van der Waals surface area contributed by atoms with E-state index in [0.717, 1.165) is 18.8 Å². The van der Waals surface area contributed by atoms with Crippen LogP contribution in [-0.2, 0) is 0 Å². The van der Waals surface area contributed by atoms with Crippen LogP contribution < -0.4 is 0 Å². The molecule has 0 aromatic heterocycles. The number of rotatable bonds is 34. The molecular formula is C42H76. The van der Waals surface area contributed by atoms with Crippen LogP contribution in [0.1, 0.15) is 200 Å². The van der Waals surface area contributed by atoms with Gasteiger partial charge >= 0.3 is 0 Å². The van der Waals surface area contributed by atoms with Gasteiger partial charge in [-0.15, -0.1) is 6.58 Å². The second-order valence-corrected chi connectivity index (χ2v) is 12.8. The van der Waals surface area contributed by atoms with E-state index in [4.69, 9.17) is 0 Å². The molecule has 0 radical (unpaired) electrons. The van der Waals surface area contributed by atoms with Gasteiger partial charge in [0.05, 0.1) is 0 Å². The van der Waals surface area contributed by atoms with Crippen LogP contribution in [0.2, 0.25) is 0 Å². The predicted molar refractivity (Wildman–Crippen MR) is 195 cm³/mol. The van der Waals surface area contributed by atoms with Gasteiger partial charge in [0.25, 0.3) is 0 Å². The minimum Gasteiger partial charge on any atom is -0.103 e. The van der Waals surface area contributed by atoms with Crippen LogP contribution in [0, 0.1) is 5.92 Å². The molecule has 0 fully saturated rings. The van der Waals surface area contributed by atoms with E-state index in [0.29, 0.717) is 0 Å². The summed E-state index contributed by atoms with van der Waals surface area (Å²) in [5.41, 5.74) is 0. The lowest BCUT2D eigenvalue weighted by molar-refractivity contribution is 0.382. The predicted octanol–water partition coefficient (Wildman–Crippen LogP) is 15.4. The van der Waals surface area contributed by atoms with E-state index >= 15 is 0 Å². The van der Waals surface area contributed by atoms with E-state index < -0.39 is 0 Å². The van der Waals surface area contributed by atoms with E-state index in [-0.39, 0.29) is 0 Å². The molecule has 0 amide bonds. The highest BCUT2D eigenvalue weighted by Gasteiger charge is 2.08. The summed E-state index contributed by atoms with van der Waals surface area (Å²) < 4.78 is 0. The smallest absolute Gasteiger partial charge is 0.0169 e. The third-order valence-corrected chi connectivity index (χ3v) is 8.64. The Kier molecular flexibility index (Phi) is 36.6. The van der Waals surface area contributed by atoms with Gasteiger partial charge in [-0.1, -0.05) is 184 Å². The van der Waals surface area contributed by atoms with Gasteiger partial charge in [0, 0.05) is 0 Å². The Labute approximate surface area is 266 Å². The summed E-state index contributed by atoms with van der Waals surface area (Å²) in [5.74, 6) is 0.941. The molecule has 0 saturated heterocycles. The molecule has 0 aromatic rings. The molecule has 0 N–H and O–H groups in total. The van der Waals surface area contributed by atoms with Gasteiger partial charge in [0.2, 0.25) is 0 Å². The van der Waals surface area contributed by atoms with Crippen LogP contribution in [0.4, 0.5) is 0 Å². The van der Waals surface area contributed by atoms with Crippen LogP contribution in [0.3, 0.4) is 0 Å². The van der Waals surface area contributed by atoms with Crippen LogP contribution in [0.5, 0.6) is 0 Å². The molecule has 0 aromatic carbocycles. The number of allylic oxidation sites excluding steroid dienone is 9. The lowest BCUT2D eigenvalue weighted by atomic mass is 9.90. The lowest BCUT2D eigenvalue weighted by Crippen LogP contribution is -2.01.